The molecule has 2 heterocycles. The van der Waals surface area contributed by atoms with Crippen molar-refractivity contribution >= 4 is 21.6 Å². The molecule has 0 amide bonds. The van der Waals surface area contributed by atoms with E-state index in [1.807, 2.05) is 24.5 Å². The van der Waals surface area contributed by atoms with Crippen LogP contribution >= 0.6 is 15.9 Å². The fourth-order valence-corrected chi connectivity index (χ4v) is 2.30. The molecule has 0 radical (unpaired) electrons. The second-order valence-electron chi connectivity index (χ2n) is 4.30. The van der Waals surface area contributed by atoms with Crippen molar-refractivity contribution in [3.8, 4) is 0 Å². The Morgan fingerprint density at radius 2 is 2.29 bits per heavy atom. The highest BCUT2D eigenvalue weighted by Crippen LogP contribution is 2.33. The van der Waals surface area contributed by atoms with Crippen LogP contribution < -0.4 is 4.90 Å². The molecular formula is C13H13BrN2O. The van der Waals surface area contributed by atoms with Crippen LogP contribution in [0, 0.1) is 0 Å². The van der Waals surface area contributed by atoms with Crippen LogP contribution in [-0.4, -0.2) is 11.0 Å². The van der Waals surface area contributed by atoms with E-state index >= 15 is 0 Å². The van der Waals surface area contributed by atoms with Gasteiger partial charge in [0.2, 0.25) is 0 Å². The smallest absolute Gasteiger partial charge is 0.123 e. The average molecular weight is 293 g/mol. The Balaban J connectivity index is 1.85. The van der Waals surface area contributed by atoms with Gasteiger partial charge in [0.1, 0.15) is 5.76 Å². The molecule has 88 valence electrons. The molecule has 17 heavy (non-hydrogen) atoms. The number of hydrogen-bond acceptors (Lipinski definition) is 3. The maximum Gasteiger partial charge on any atom is 0.123 e. The molecule has 1 fully saturated rings. The molecule has 0 N–H and O–H groups in total. The van der Waals surface area contributed by atoms with E-state index in [1.54, 1.807) is 6.26 Å². The molecule has 4 heteroatoms. The van der Waals surface area contributed by atoms with Gasteiger partial charge in [-0.3, -0.25) is 4.98 Å². The van der Waals surface area contributed by atoms with E-state index < -0.39 is 0 Å². The number of aromatic nitrogens is 1. The van der Waals surface area contributed by atoms with E-state index in [2.05, 4.69) is 31.9 Å². The topological polar surface area (TPSA) is 29.3 Å². The first-order valence-electron chi connectivity index (χ1n) is 5.72. The van der Waals surface area contributed by atoms with Crippen LogP contribution in [-0.2, 0) is 6.54 Å². The first kappa shape index (κ1) is 10.8. The highest BCUT2D eigenvalue weighted by atomic mass is 79.9. The van der Waals surface area contributed by atoms with Crippen molar-refractivity contribution in [2.24, 2.45) is 0 Å². The summed E-state index contributed by atoms with van der Waals surface area (Å²) in [6.45, 7) is 0.815. The Morgan fingerprint density at radius 3 is 2.94 bits per heavy atom. The first-order valence-corrected chi connectivity index (χ1v) is 6.52. The van der Waals surface area contributed by atoms with Gasteiger partial charge in [0, 0.05) is 16.7 Å². The normalized spacial score (nSPS) is 14.9. The summed E-state index contributed by atoms with van der Waals surface area (Å²) in [7, 11) is 0. The summed E-state index contributed by atoms with van der Waals surface area (Å²) in [5, 5.41) is 0. The van der Waals surface area contributed by atoms with Crippen LogP contribution in [0.5, 0.6) is 0 Å². The molecule has 0 bridgehead atoms. The quantitative estimate of drug-likeness (QED) is 0.862. The van der Waals surface area contributed by atoms with Crippen molar-refractivity contribution in [3.63, 3.8) is 0 Å². The zero-order valence-electron chi connectivity index (χ0n) is 9.34. The Labute approximate surface area is 109 Å². The van der Waals surface area contributed by atoms with Gasteiger partial charge in [0.15, 0.2) is 0 Å². The maximum absolute atomic E-state index is 5.42. The lowest BCUT2D eigenvalue weighted by Crippen LogP contribution is -2.24. The van der Waals surface area contributed by atoms with Crippen molar-refractivity contribution in [2.75, 3.05) is 4.90 Å². The molecule has 1 aliphatic rings. The summed E-state index contributed by atoms with van der Waals surface area (Å²) in [6.07, 6.45) is 7.95. The lowest BCUT2D eigenvalue weighted by Gasteiger charge is -2.23. The SMILES string of the molecule is Brc1cncc(N(Cc2ccco2)C2CC2)c1. The first-order chi connectivity index (χ1) is 8.33. The summed E-state index contributed by atoms with van der Waals surface area (Å²) in [6, 6.07) is 6.69. The zero-order valence-corrected chi connectivity index (χ0v) is 10.9. The fraction of sp³-hybridized carbons (Fsp3) is 0.308. The predicted molar refractivity (Wildman–Crippen MR) is 69.9 cm³/mol. The van der Waals surface area contributed by atoms with Crippen molar-refractivity contribution in [2.45, 2.75) is 25.4 Å². The van der Waals surface area contributed by atoms with Gasteiger partial charge in [0.25, 0.3) is 0 Å². The lowest BCUT2D eigenvalue weighted by atomic mass is 10.3. The minimum absolute atomic E-state index is 0.635. The molecule has 0 saturated heterocycles. The van der Waals surface area contributed by atoms with Crippen molar-refractivity contribution < 1.29 is 4.42 Å². The summed E-state index contributed by atoms with van der Waals surface area (Å²) in [5.41, 5.74) is 1.15. The molecule has 0 aromatic carbocycles. The number of anilines is 1. The van der Waals surface area contributed by atoms with E-state index in [0.717, 1.165) is 22.5 Å². The number of halogens is 1. The summed E-state index contributed by atoms with van der Waals surface area (Å²) >= 11 is 3.47. The minimum Gasteiger partial charge on any atom is -0.467 e. The molecule has 0 spiro atoms. The molecule has 3 rings (SSSR count). The van der Waals surface area contributed by atoms with Gasteiger partial charge >= 0.3 is 0 Å². The molecular weight excluding hydrogens is 280 g/mol. The number of furan rings is 1. The van der Waals surface area contributed by atoms with Gasteiger partial charge in [0.05, 0.1) is 24.7 Å². The van der Waals surface area contributed by atoms with Crippen LogP contribution in [0.2, 0.25) is 0 Å². The lowest BCUT2D eigenvalue weighted by molar-refractivity contribution is 0.501. The molecule has 2 aromatic heterocycles. The van der Waals surface area contributed by atoms with E-state index in [9.17, 15) is 0 Å². The van der Waals surface area contributed by atoms with E-state index in [0.29, 0.717) is 6.04 Å². The summed E-state index contributed by atoms with van der Waals surface area (Å²) < 4.78 is 6.43. The number of pyridine rings is 1. The molecule has 2 aromatic rings. The number of hydrogen-bond donors (Lipinski definition) is 0. The van der Waals surface area contributed by atoms with Crippen LogP contribution in [0.3, 0.4) is 0 Å². The zero-order chi connectivity index (χ0) is 11.7. The Kier molecular flexibility index (Phi) is 2.89. The van der Waals surface area contributed by atoms with Crippen molar-refractivity contribution in [1.29, 1.82) is 0 Å². The van der Waals surface area contributed by atoms with E-state index in [1.165, 1.54) is 12.8 Å². The minimum atomic E-state index is 0.635. The van der Waals surface area contributed by atoms with Gasteiger partial charge < -0.3 is 9.32 Å². The van der Waals surface area contributed by atoms with Gasteiger partial charge in [-0.25, -0.2) is 0 Å². The number of nitrogens with zero attached hydrogens (tertiary/aromatic N) is 2. The van der Waals surface area contributed by atoms with Gasteiger partial charge in [-0.2, -0.15) is 0 Å². The van der Waals surface area contributed by atoms with Gasteiger partial charge in [-0.15, -0.1) is 0 Å². The molecule has 0 unspecified atom stereocenters. The Bertz CT molecular complexity index is 494. The third-order valence-corrected chi connectivity index (χ3v) is 3.35. The van der Waals surface area contributed by atoms with Crippen LogP contribution in [0.15, 0.2) is 45.7 Å². The van der Waals surface area contributed by atoms with E-state index in [4.69, 9.17) is 4.42 Å². The maximum atomic E-state index is 5.42. The fourth-order valence-electron chi connectivity index (χ4n) is 1.95. The van der Waals surface area contributed by atoms with Gasteiger partial charge in [-0.05, 0) is 47.0 Å². The van der Waals surface area contributed by atoms with Crippen LogP contribution in [0.25, 0.3) is 0 Å². The Hall–Kier alpha value is -1.29. The van der Waals surface area contributed by atoms with Crippen molar-refractivity contribution in [1.82, 2.24) is 4.98 Å². The third kappa shape index (κ3) is 2.52. The van der Waals surface area contributed by atoms with Crippen LogP contribution in [0.4, 0.5) is 5.69 Å². The van der Waals surface area contributed by atoms with Crippen molar-refractivity contribution in [3.05, 3.63) is 47.1 Å². The summed E-state index contributed by atoms with van der Waals surface area (Å²) in [4.78, 5) is 6.58. The standard InChI is InChI=1S/C13H13BrN2O/c14-10-6-12(8-15-7-10)16(11-3-4-11)9-13-2-1-5-17-13/h1-2,5-8,11H,3-4,9H2. The van der Waals surface area contributed by atoms with E-state index in [-0.39, 0.29) is 0 Å². The molecule has 1 aliphatic carbocycles. The monoisotopic (exact) mass is 292 g/mol. The highest BCUT2D eigenvalue weighted by molar-refractivity contribution is 9.10. The molecule has 0 atom stereocenters. The number of rotatable bonds is 4. The molecule has 1 saturated carbocycles. The third-order valence-electron chi connectivity index (χ3n) is 2.92. The molecule has 3 nitrogen and oxygen atoms in total. The van der Waals surface area contributed by atoms with Gasteiger partial charge in [-0.1, -0.05) is 0 Å². The van der Waals surface area contributed by atoms with Crippen LogP contribution in [0.1, 0.15) is 18.6 Å². The second kappa shape index (κ2) is 4.53. The largest absolute Gasteiger partial charge is 0.467 e. The second-order valence-corrected chi connectivity index (χ2v) is 5.22. The summed E-state index contributed by atoms with van der Waals surface area (Å²) in [5.74, 6) is 0.997. The average Bonchev–Trinajstić information content (AvgIpc) is 3.03. The highest BCUT2D eigenvalue weighted by Gasteiger charge is 2.30. The predicted octanol–water partition coefficient (Wildman–Crippen LogP) is 3.61. The molecule has 0 aliphatic heterocycles. The Morgan fingerprint density at radius 1 is 1.41 bits per heavy atom.